The number of nitrogens with zero attached hydrogens (tertiary/aromatic N) is 1. The van der Waals surface area contributed by atoms with Crippen molar-refractivity contribution >= 4 is 34.3 Å². The quantitative estimate of drug-likeness (QED) is 0.541. The van der Waals surface area contributed by atoms with Gasteiger partial charge in [-0.1, -0.05) is 56.1 Å². The first-order chi connectivity index (χ1) is 13.0. The molecule has 0 aliphatic rings. The Morgan fingerprint density at radius 1 is 1.11 bits per heavy atom. The number of carboxylic acids is 1. The van der Waals surface area contributed by atoms with Crippen molar-refractivity contribution in [2.75, 3.05) is 0 Å². The molecule has 0 unspecified atom stereocenters. The number of carbonyl (C=O) groups is 2. The average molecular weight is 384 g/mol. The number of aromatic nitrogens is 1. The Hall–Kier alpha value is -2.59. The monoisotopic (exact) mass is 383 g/mol. The van der Waals surface area contributed by atoms with Crippen molar-refractivity contribution < 1.29 is 14.7 Å². The van der Waals surface area contributed by atoms with Crippen LogP contribution in [0.1, 0.15) is 58.7 Å². The first-order valence-electron chi connectivity index (χ1n) is 9.12. The molecule has 0 saturated heterocycles. The fourth-order valence-corrected chi connectivity index (χ4v) is 3.70. The molecule has 0 bridgehead atoms. The first kappa shape index (κ1) is 19.2. The molecule has 0 aliphatic carbocycles. The second-order valence-electron chi connectivity index (χ2n) is 6.57. The number of Topliss-reactive ketones (excluding diaryl/α,β-unsaturated/α-hetero) is 1. The number of ketones is 1. The summed E-state index contributed by atoms with van der Waals surface area (Å²) in [5.41, 5.74) is 3.51. The summed E-state index contributed by atoms with van der Waals surface area (Å²) in [4.78, 5) is 24.3. The van der Waals surface area contributed by atoms with E-state index in [0.29, 0.717) is 23.7 Å². The van der Waals surface area contributed by atoms with Gasteiger partial charge in [0, 0.05) is 23.4 Å². The van der Waals surface area contributed by atoms with Crippen LogP contribution in [0, 0.1) is 0 Å². The molecule has 27 heavy (non-hydrogen) atoms. The minimum atomic E-state index is -0.984. The van der Waals surface area contributed by atoms with Crippen molar-refractivity contribution in [2.24, 2.45) is 0 Å². The molecule has 3 rings (SSSR count). The number of carboxylic acid groups (broad SMARTS) is 1. The summed E-state index contributed by atoms with van der Waals surface area (Å²) < 4.78 is 1.93. The molecule has 4 nitrogen and oxygen atoms in total. The Labute approximate surface area is 163 Å². The van der Waals surface area contributed by atoms with E-state index in [2.05, 4.69) is 6.92 Å². The number of rotatable bonds is 7. The van der Waals surface area contributed by atoms with Crippen LogP contribution in [0.4, 0.5) is 0 Å². The highest BCUT2D eigenvalue weighted by molar-refractivity contribution is 6.31. The third-order valence-electron chi connectivity index (χ3n) is 4.79. The number of benzene rings is 2. The second-order valence-corrected chi connectivity index (χ2v) is 6.98. The van der Waals surface area contributed by atoms with Crippen LogP contribution < -0.4 is 0 Å². The third-order valence-corrected chi connectivity index (χ3v) is 5.16. The van der Waals surface area contributed by atoms with Gasteiger partial charge in [0.1, 0.15) is 0 Å². The fourth-order valence-electron chi connectivity index (χ4n) is 3.50. The third kappa shape index (κ3) is 3.62. The standard InChI is InChI=1S/C22H22ClNO3/c1-3-7-17-16-11-10-14(22(26)27)12-19(16)24(21(17)20(25)4-2)13-15-8-5-6-9-18(15)23/h5-6,8-12H,3-4,7,13H2,1-2H3,(H,26,27). The van der Waals surface area contributed by atoms with Gasteiger partial charge in [0.15, 0.2) is 5.78 Å². The number of fused-ring (bicyclic) bond motifs is 1. The van der Waals surface area contributed by atoms with Gasteiger partial charge < -0.3 is 9.67 Å². The fraction of sp³-hybridized carbons (Fsp3) is 0.273. The maximum absolute atomic E-state index is 12.8. The van der Waals surface area contributed by atoms with Crippen LogP contribution in [0.15, 0.2) is 42.5 Å². The molecule has 0 amide bonds. The van der Waals surface area contributed by atoms with Crippen LogP contribution in [0.5, 0.6) is 0 Å². The van der Waals surface area contributed by atoms with E-state index in [4.69, 9.17) is 11.6 Å². The lowest BCUT2D eigenvalue weighted by Crippen LogP contribution is -2.12. The molecule has 0 spiro atoms. The van der Waals surface area contributed by atoms with Crippen molar-refractivity contribution in [1.82, 2.24) is 4.57 Å². The van der Waals surface area contributed by atoms with Gasteiger partial charge in [-0.25, -0.2) is 4.79 Å². The molecule has 2 aromatic carbocycles. The predicted molar refractivity (Wildman–Crippen MR) is 108 cm³/mol. The number of carbonyl (C=O) groups excluding carboxylic acids is 1. The minimum Gasteiger partial charge on any atom is -0.478 e. The van der Waals surface area contributed by atoms with Crippen molar-refractivity contribution in [2.45, 2.75) is 39.7 Å². The number of aromatic carboxylic acids is 1. The van der Waals surface area contributed by atoms with E-state index >= 15 is 0 Å². The Bertz CT molecular complexity index is 1020. The van der Waals surface area contributed by atoms with Gasteiger partial charge in [-0.05, 0) is 35.7 Å². The van der Waals surface area contributed by atoms with E-state index in [1.165, 1.54) is 0 Å². The molecule has 1 heterocycles. The lowest BCUT2D eigenvalue weighted by molar-refractivity contribution is 0.0697. The van der Waals surface area contributed by atoms with E-state index in [9.17, 15) is 14.7 Å². The summed E-state index contributed by atoms with van der Waals surface area (Å²) >= 11 is 6.35. The molecule has 3 aromatic rings. The van der Waals surface area contributed by atoms with E-state index in [0.717, 1.165) is 34.9 Å². The van der Waals surface area contributed by atoms with Crippen LogP contribution in [-0.2, 0) is 13.0 Å². The molecule has 1 aromatic heterocycles. The highest BCUT2D eigenvalue weighted by Gasteiger charge is 2.22. The summed E-state index contributed by atoms with van der Waals surface area (Å²) in [6.45, 7) is 4.34. The molecular weight excluding hydrogens is 362 g/mol. The second kappa shape index (κ2) is 7.97. The number of halogens is 1. The maximum atomic E-state index is 12.8. The molecular formula is C22H22ClNO3. The van der Waals surface area contributed by atoms with Gasteiger partial charge >= 0.3 is 5.97 Å². The smallest absolute Gasteiger partial charge is 0.335 e. The Morgan fingerprint density at radius 3 is 2.48 bits per heavy atom. The van der Waals surface area contributed by atoms with Crippen molar-refractivity contribution in [3.63, 3.8) is 0 Å². The zero-order valence-corrected chi connectivity index (χ0v) is 16.2. The highest BCUT2D eigenvalue weighted by atomic mass is 35.5. The minimum absolute atomic E-state index is 0.0542. The zero-order valence-electron chi connectivity index (χ0n) is 15.5. The topological polar surface area (TPSA) is 59.3 Å². The SMILES string of the molecule is CCCc1c(C(=O)CC)n(Cc2ccccc2Cl)c2cc(C(=O)O)ccc12. The highest BCUT2D eigenvalue weighted by Crippen LogP contribution is 2.31. The van der Waals surface area contributed by atoms with Gasteiger partial charge in [0.2, 0.25) is 0 Å². The van der Waals surface area contributed by atoms with E-state index < -0.39 is 5.97 Å². The lowest BCUT2D eigenvalue weighted by atomic mass is 10.0. The summed E-state index contributed by atoms with van der Waals surface area (Å²) in [5.74, 6) is -0.929. The Morgan fingerprint density at radius 2 is 1.85 bits per heavy atom. The predicted octanol–water partition coefficient (Wildman–Crippen LogP) is 5.59. The molecule has 0 fully saturated rings. The van der Waals surface area contributed by atoms with Crippen LogP contribution in [0.2, 0.25) is 5.02 Å². The summed E-state index contributed by atoms with van der Waals surface area (Å²) in [7, 11) is 0. The largest absolute Gasteiger partial charge is 0.478 e. The number of hydrogen-bond donors (Lipinski definition) is 1. The van der Waals surface area contributed by atoms with Crippen molar-refractivity contribution in [3.05, 3.63) is 69.9 Å². The molecule has 0 atom stereocenters. The Balaban J connectivity index is 2.32. The van der Waals surface area contributed by atoms with E-state index in [-0.39, 0.29) is 11.3 Å². The molecule has 1 N–H and O–H groups in total. The maximum Gasteiger partial charge on any atom is 0.335 e. The van der Waals surface area contributed by atoms with Crippen LogP contribution in [0.3, 0.4) is 0 Å². The summed E-state index contributed by atoms with van der Waals surface area (Å²) in [6.07, 6.45) is 2.05. The normalized spacial score (nSPS) is 11.1. The number of aryl methyl sites for hydroxylation is 1. The van der Waals surface area contributed by atoms with Gasteiger partial charge in [-0.15, -0.1) is 0 Å². The first-order valence-corrected chi connectivity index (χ1v) is 9.50. The van der Waals surface area contributed by atoms with E-state index in [1.807, 2.05) is 41.8 Å². The van der Waals surface area contributed by atoms with Gasteiger partial charge in [-0.2, -0.15) is 0 Å². The summed E-state index contributed by atoms with van der Waals surface area (Å²) in [5, 5.41) is 11.0. The number of hydrogen-bond acceptors (Lipinski definition) is 2. The average Bonchev–Trinajstić information content (AvgIpc) is 2.96. The van der Waals surface area contributed by atoms with Crippen LogP contribution in [0.25, 0.3) is 10.9 Å². The molecule has 5 heteroatoms. The molecule has 0 saturated carbocycles. The van der Waals surface area contributed by atoms with Crippen molar-refractivity contribution in [1.29, 1.82) is 0 Å². The van der Waals surface area contributed by atoms with Gasteiger partial charge in [0.05, 0.1) is 16.8 Å². The molecule has 140 valence electrons. The van der Waals surface area contributed by atoms with E-state index in [1.54, 1.807) is 12.1 Å². The zero-order chi connectivity index (χ0) is 19.6. The molecule has 0 radical (unpaired) electrons. The lowest BCUT2D eigenvalue weighted by Gasteiger charge is -2.12. The molecule has 0 aliphatic heterocycles. The summed E-state index contributed by atoms with van der Waals surface area (Å²) in [6, 6.07) is 12.6. The van der Waals surface area contributed by atoms with Gasteiger partial charge in [0.25, 0.3) is 0 Å². The van der Waals surface area contributed by atoms with Crippen molar-refractivity contribution in [3.8, 4) is 0 Å². The Kier molecular flexibility index (Phi) is 5.66. The van der Waals surface area contributed by atoms with Crippen LogP contribution in [-0.4, -0.2) is 21.4 Å². The van der Waals surface area contributed by atoms with Gasteiger partial charge in [-0.3, -0.25) is 4.79 Å². The van der Waals surface area contributed by atoms with Crippen LogP contribution >= 0.6 is 11.6 Å².